The SMILES string of the molecule is CCN(CC)CCCNC(=O)C(=O)Nc1ccc(Cl)cc1C. The molecule has 122 valence electrons. The molecule has 6 heteroatoms. The number of rotatable bonds is 7. The van der Waals surface area contributed by atoms with Crippen molar-refractivity contribution in [3.05, 3.63) is 28.8 Å². The maximum absolute atomic E-state index is 11.8. The quantitative estimate of drug-likeness (QED) is 0.598. The summed E-state index contributed by atoms with van der Waals surface area (Å²) in [5, 5.41) is 5.82. The number of hydrogen-bond acceptors (Lipinski definition) is 3. The second-order valence-electron chi connectivity index (χ2n) is 5.05. The van der Waals surface area contributed by atoms with E-state index in [0.29, 0.717) is 17.3 Å². The molecule has 0 aliphatic rings. The lowest BCUT2D eigenvalue weighted by atomic mass is 10.2. The fraction of sp³-hybridized carbons (Fsp3) is 0.500. The van der Waals surface area contributed by atoms with Crippen LogP contribution in [0.2, 0.25) is 5.02 Å². The van der Waals surface area contributed by atoms with Crippen molar-refractivity contribution in [2.24, 2.45) is 0 Å². The first-order valence-electron chi connectivity index (χ1n) is 7.55. The summed E-state index contributed by atoms with van der Waals surface area (Å²) in [5.41, 5.74) is 1.41. The molecule has 0 radical (unpaired) electrons. The third-order valence-corrected chi connectivity index (χ3v) is 3.71. The molecule has 0 aliphatic carbocycles. The van der Waals surface area contributed by atoms with Crippen molar-refractivity contribution >= 4 is 29.1 Å². The van der Waals surface area contributed by atoms with Crippen LogP contribution in [0.25, 0.3) is 0 Å². The molecule has 0 heterocycles. The summed E-state index contributed by atoms with van der Waals surface area (Å²) in [6.07, 6.45) is 0.820. The third-order valence-electron chi connectivity index (χ3n) is 3.47. The first-order chi connectivity index (χ1) is 10.5. The Labute approximate surface area is 137 Å². The Morgan fingerprint density at radius 3 is 2.45 bits per heavy atom. The highest BCUT2D eigenvalue weighted by Gasteiger charge is 2.14. The highest BCUT2D eigenvalue weighted by atomic mass is 35.5. The summed E-state index contributed by atoms with van der Waals surface area (Å²) >= 11 is 5.85. The molecule has 0 fully saturated rings. The van der Waals surface area contributed by atoms with Gasteiger partial charge in [0, 0.05) is 17.3 Å². The monoisotopic (exact) mass is 325 g/mol. The van der Waals surface area contributed by atoms with Gasteiger partial charge in [0.15, 0.2) is 0 Å². The average molecular weight is 326 g/mol. The lowest BCUT2D eigenvalue weighted by Gasteiger charge is -2.17. The Morgan fingerprint density at radius 1 is 1.18 bits per heavy atom. The van der Waals surface area contributed by atoms with E-state index >= 15 is 0 Å². The molecule has 0 aliphatic heterocycles. The van der Waals surface area contributed by atoms with Crippen LogP contribution in [0.15, 0.2) is 18.2 Å². The largest absolute Gasteiger partial charge is 0.348 e. The molecule has 0 unspecified atom stereocenters. The van der Waals surface area contributed by atoms with Crippen molar-refractivity contribution < 1.29 is 9.59 Å². The summed E-state index contributed by atoms with van der Waals surface area (Å²) < 4.78 is 0. The van der Waals surface area contributed by atoms with E-state index in [1.807, 2.05) is 6.92 Å². The molecule has 0 spiro atoms. The number of halogens is 1. The van der Waals surface area contributed by atoms with Gasteiger partial charge >= 0.3 is 11.8 Å². The van der Waals surface area contributed by atoms with E-state index in [0.717, 1.165) is 31.6 Å². The van der Waals surface area contributed by atoms with Gasteiger partial charge in [0.2, 0.25) is 0 Å². The van der Waals surface area contributed by atoms with Gasteiger partial charge in [-0.15, -0.1) is 0 Å². The third kappa shape index (κ3) is 6.03. The number of nitrogens with zero attached hydrogens (tertiary/aromatic N) is 1. The predicted octanol–water partition coefficient (Wildman–Crippen LogP) is 2.44. The molecule has 0 aromatic heterocycles. The van der Waals surface area contributed by atoms with Crippen molar-refractivity contribution in [1.82, 2.24) is 10.2 Å². The van der Waals surface area contributed by atoms with Gasteiger partial charge in [-0.1, -0.05) is 25.4 Å². The van der Waals surface area contributed by atoms with Crippen molar-refractivity contribution in [3.63, 3.8) is 0 Å². The maximum Gasteiger partial charge on any atom is 0.313 e. The van der Waals surface area contributed by atoms with Gasteiger partial charge in [0.1, 0.15) is 0 Å². The van der Waals surface area contributed by atoms with Crippen LogP contribution < -0.4 is 10.6 Å². The number of aryl methyl sites for hydroxylation is 1. The fourth-order valence-corrected chi connectivity index (χ4v) is 2.30. The topological polar surface area (TPSA) is 61.4 Å². The second-order valence-corrected chi connectivity index (χ2v) is 5.49. The number of carbonyl (C=O) groups is 2. The first kappa shape index (κ1) is 18.5. The molecule has 2 amide bonds. The number of hydrogen-bond donors (Lipinski definition) is 2. The van der Waals surface area contributed by atoms with Crippen molar-refractivity contribution in [1.29, 1.82) is 0 Å². The lowest BCUT2D eigenvalue weighted by molar-refractivity contribution is -0.136. The molecule has 5 nitrogen and oxygen atoms in total. The van der Waals surface area contributed by atoms with E-state index < -0.39 is 11.8 Å². The molecule has 1 aromatic rings. The fourth-order valence-electron chi connectivity index (χ4n) is 2.07. The summed E-state index contributed by atoms with van der Waals surface area (Å²) in [5.74, 6) is -1.28. The van der Waals surface area contributed by atoms with Crippen LogP contribution in [0.5, 0.6) is 0 Å². The molecule has 2 N–H and O–H groups in total. The summed E-state index contributed by atoms with van der Waals surface area (Å²) in [7, 11) is 0. The molecular formula is C16H24ClN3O2. The zero-order valence-corrected chi connectivity index (χ0v) is 14.2. The van der Waals surface area contributed by atoms with Crippen LogP contribution in [0, 0.1) is 6.92 Å². The summed E-state index contributed by atoms with van der Waals surface area (Å²) in [6, 6.07) is 5.09. The van der Waals surface area contributed by atoms with Crippen LogP contribution >= 0.6 is 11.6 Å². The maximum atomic E-state index is 11.8. The van der Waals surface area contributed by atoms with E-state index in [2.05, 4.69) is 29.4 Å². The Morgan fingerprint density at radius 2 is 1.86 bits per heavy atom. The van der Waals surface area contributed by atoms with Gasteiger partial charge in [0.25, 0.3) is 0 Å². The van der Waals surface area contributed by atoms with Crippen LogP contribution in [0.4, 0.5) is 5.69 Å². The van der Waals surface area contributed by atoms with E-state index in [9.17, 15) is 9.59 Å². The standard InChI is InChI=1S/C16H24ClN3O2/c1-4-20(5-2)10-6-9-18-15(21)16(22)19-14-8-7-13(17)11-12(14)3/h7-8,11H,4-6,9-10H2,1-3H3,(H,18,21)(H,19,22). The number of benzene rings is 1. The minimum atomic E-state index is -0.659. The minimum Gasteiger partial charge on any atom is -0.348 e. The molecule has 0 saturated carbocycles. The molecular weight excluding hydrogens is 302 g/mol. The molecule has 1 rings (SSSR count). The van der Waals surface area contributed by atoms with E-state index in [-0.39, 0.29) is 0 Å². The predicted molar refractivity (Wildman–Crippen MR) is 90.2 cm³/mol. The minimum absolute atomic E-state index is 0.488. The van der Waals surface area contributed by atoms with Crippen molar-refractivity contribution in [2.45, 2.75) is 27.2 Å². The van der Waals surface area contributed by atoms with Gasteiger partial charge in [-0.3, -0.25) is 9.59 Å². The lowest BCUT2D eigenvalue weighted by Crippen LogP contribution is -2.37. The number of anilines is 1. The van der Waals surface area contributed by atoms with Crippen LogP contribution in [0.3, 0.4) is 0 Å². The van der Waals surface area contributed by atoms with Crippen molar-refractivity contribution in [2.75, 3.05) is 31.5 Å². The Hall–Kier alpha value is -1.59. The normalized spacial score (nSPS) is 10.6. The van der Waals surface area contributed by atoms with Gasteiger partial charge in [-0.25, -0.2) is 0 Å². The molecule has 0 atom stereocenters. The zero-order chi connectivity index (χ0) is 16.5. The van der Waals surface area contributed by atoms with Gasteiger partial charge in [-0.05, 0) is 56.7 Å². The Kier molecular flexibility index (Phi) is 7.91. The van der Waals surface area contributed by atoms with E-state index in [4.69, 9.17) is 11.6 Å². The average Bonchev–Trinajstić information content (AvgIpc) is 2.50. The van der Waals surface area contributed by atoms with Gasteiger partial charge in [-0.2, -0.15) is 0 Å². The summed E-state index contributed by atoms with van der Waals surface area (Å²) in [6.45, 7) is 9.40. The van der Waals surface area contributed by atoms with E-state index in [1.165, 1.54) is 0 Å². The summed E-state index contributed by atoms with van der Waals surface area (Å²) in [4.78, 5) is 25.8. The Bertz CT molecular complexity index is 516. The molecule has 22 heavy (non-hydrogen) atoms. The van der Waals surface area contributed by atoms with Crippen molar-refractivity contribution in [3.8, 4) is 0 Å². The number of amides is 2. The number of carbonyl (C=O) groups excluding carboxylic acids is 2. The highest BCUT2D eigenvalue weighted by Crippen LogP contribution is 2.19. The van der Waals surface area contributed by atoms with Gasteiger partial charge < -0.3 is 15.5 Å². The Balaban J connectivity index is 2.37. The smallest absolute Gasteiger partial charge is 0.313 e. The number of nitrogens with one attached hydrogen (secondary N) is 2. The highest BCUT2D eigenvalue weighted by molar-refractivity contribution is 6.39. The zero-order valence-electron chi connectivity index (χ0n) is 13.4. The van der Waals surface area contributed by atoms with Crippen LogP contribution in [-0.2, 0) is 9.59 Å². The van der Waals surface area contributed by atoms with Gasteiger partial charge in [0.05, 0.1) is 0 Å². The first-order valence-corrected chi connectivity index (χ1v) is 7.93. The van der Waals surface area contributed by atoms with Crippen LogP contribution in [-0.4, -0.2) is 42.9 Å². The van der Waals surface area contributed by atoms with E-state index in [1.54, 1.807) is 18.2 Å². The molecule has 0 saturated heterocycles. The molecule has 0 bridgehead atoms. The molecule has 1 aromatic carbocycles. The van der Waals surface area contributed by atoms with Crippen LogP contribution in [0.1, 0.15) is 25.8 Å². The second kappa shape index (κ2) is 9.43.